The van der Waals surface area contributed by atoms with Gasteiger partial charge in [-0.3, -0.25) is 4.79 Å². The second-order valence-corrected chi connectivity index (χ2v) is 5.07. The second kappa shape index (κ2) is 5.12. The van der Waals surface area contributed by atoms with Crippen molar-refractivity contribution in [3.8, 4) is 0 Å². The molecule has 98 valence electrons. The van der Waals surface area contributed by atoms with Crippen LogP contribution < -0.4 is 5.73 Å². The molecule has 2 rings (SSSR count). The van der Waals surface area contributed by atoms with Gasteiger partial charge in [0.15, 0.2) is 0 Å². The Morgan fingerprint density at radius 1 is 1.56 bits per heavy atom. The van der Waals surface area contributed by atoms with Gasteiger partial charge in [-0.2, -0.15) is 0 Å². The maximum Gasteiger partial charge on any atom is 0.257 e. The van der Waals surface area contributed by atoms with Crippen molar-refractivity contribution in [2.24, 2.45) is 0 Å². The van der Waals surface area contributed by atoms with Gasteiger partial charge in [-0.25, -0.2) is 4.98 Å². The Hall–Kier alpha value is -1.33. The molecular formula is C12H17ClN4O. The van der Waals surface area contributed by atoms with Crippen LogP contribution in [0.3, 0.4) is 0 Å². The summed E-state index contributed by atoms with van der Waals surface area (Å²) < 4.78 is 0. The van der Waals surface area contributed by atoms with E-state index in [1.165, 1.54) is 6.20 Å². The van der Waals surface area contributed by atoms with Crippen molar-refractivity contribution in [1.82, 2.24) is 14.8 Å². The largest absolute Gasteiger partial charge is 0.397 e. The highest BCUT2D eigenvalue weighted by Crippen LogP contribution is 2.20. The quantitative estimate of drug-likeness (QED) is 0.775. The number of nitrogens with zero attached hydrogens (tertiary/aromatic N) is 3. The van der Waals surface area contributed by atoms with Gasteiger partial charge in [-0.1, -0.05) is 11.6 Å². The predicted molar refractivity (Wildman–Crippen MR) is 71.7 cm³/mol. The standard InChI is InChI=1S/C12H17ClN4O/c1-8-7-16(2)3-4-17(8)12(18)10-5-9(14)6-15-11(10)13/h5-6,8H,3-4,7,14H2,1-2H3. The second-order valence-electron chi connectivity index (χ2n) is 4.72. The van der Waals surface area contributed by atoms with Crippen LogP contribution in [-0.4, -0.2) is 53.4 Å². The Labute approximate surface area is 112 Å². The lowest BCUT2D eigenvalue weighted by molar-refractivity contribution is 0.0533. The summed E-state index contributed by atoms with van der Waals surface area (Å²) in [6, 6.07) is 1.75. The normalized spacial score (nSPS) is 21.1. The molecule has 1 amide bonds. The Kier molecular flexibility index (Phi) is 3.73. The van der Waals surface area contributed by atoms with Crippen molar-refractivity contribution in [3.05, 3.63) is 23.0 Å². The minimum absolute atomic E-state index is 0.0969. The summed E-state index contributed by atoms with van der Waals surface area (Å²) in [7, 11) is 2.05. The maximum atomic E-state index is 12.4. The topological polar surface area (TPSA) is 62.5 Å². The third-order valence-corrected chi connectivity index (χ3v) is 3.48. The van der Waals surface area contributed by atoms with E-state index in [-0.39, 0.29) is 17.1 Å². The first-order valence-corrected chi connectivity index (χ1v) is 6.27. The molecule has 0 aromatic carbocycles. The van der Waals surface area contributed by atoms with E-state index >= 15 is 0 Å². The van der Waals surface area contributed by atoms with Crippen LogP contribution in [0, 0.1) is 0 Å². The molecule has 1 fully saturated rings. The number of nitrogens with two attached hydrogens (primary N) is 1. The van der Waals surface area contributed by atoms with Gasteiger partial charge in [-0.05, 0) is 20.0 Å². The molecule has 0 radical (unpaired) electrons. The number of rotatable bonds is 1. The number of hydrogen-bond acceptors (Lipinski definition) is 4. The lowest BCUT2D eigenvalue weighted by Gasteiger charge is -2.38. The van der Waals surface area contributed by atoms with Crippen molar-refractivity contribution in [3.63, 3.8) is 0 Å². The van der Waals surface area contributed by atoms with Crippen LogP contribution >= 0.6 is 11.6 Å². The number of aromatic nitrogens is 1. The molecule has 1 aliphatic heterocycles. The molecule has 5 nitrogen and oxygen atoms in total. The van der Waals surface area contributed by atoms with Gasteiger partial charge in [0.25, 0.3) is 5.91 Å². The van der Waals surface area contributed by atoms with Crippen LogP contribution in [0.4, 0.5) is 5.69 Å². The average Bonchev–Trinajstić information content (AvgIpc) is 2.31. The summed E-state index contributed by atoms with van der Waals surface area (Å²) in [6.45, 7) is 4.45. The lowest BCUT2D eigenvalue weighted by Crippen LogP contribution is -2.52. The van der Waals surface area contributed by atoms with E-state index in [9.17, 15) is 4.79 Å². The van der Waals surface area contributed by atoms with E-state index in [1.807, 2.05) is 18.9 Å². The fraction of sp³-hybridized carbons (Fsp3) is 0.500. The predicted octanol–water partition coefficient (Wildman–Crippen LogP) is 1.09. The molecule has 1 atom stereocenters. The summed E-state index contributed by atoms with van der Waals surface area (Å²) in [6.07, 6.45) is 1.45. The van der Waals surface area contributed by atoms with E-state index in [0.29, 0.717) is 17.8 Å². The zero-order valence-corrected chi connectivity index (χ0v) is 11.3. The summed E-state index contributed by atoms with van der Waals surface area (Å²) >= 11 is 5.96. The molecule has 1 unspecified atom stereocenters. The number of anilines is 1. The molecule has 1 aromatic heterocycles. The Bertz CT molecular complexity index is 465. The highest BCUT2D eigenvalue weighted by Gasteiger charge is 2.28. The summed E-state index contributed by atoms with van der Waals surface area (Å²) in [4.78, 5) is 20.4. The summed E-state index contributed by atoms with van der Waals surface area (Å²) in [5, 5.41) is 0.209. The van der Waals surface area contributed by atoms with Gasteiger partial charge < -0.3 is 15.5 Å². The number of carbonyl (C=O) groups is 1. The van der Waals surface area contributed by atoms with Gasteiger partial charge in [0.1, 0.15) is 5.15 Å². The van der Waals surface area contributed by atoms with E-state index in [2.05, 4.69) is 9.88 Å². The molecule has 1 aromatic rings. The average molecular weight is 269 g/mol. The zero-order chi connectivity index (χ0) is 13.3. The molecule has 2 N–H and O–H groups in total. The molecule has 0 spiro atoms. The Morgan fingerprint density at radius 2 is 2.28 bits per heavy atom. The van der Waals surface area contributed by atoms with Crippen molar-refractivity contribution < 1.29 is 4.79 Å². The molecule has 1 saturated heterocycles. The molecule has 0 aliphatic carbocycles. The van der Waals surface area contributed by atoms with E-state index in [4.69, 9.17) is 17.3 Å². The fourth-order valence-corrected chi connectivity index (χ4v) is 2.39. The fourth-order valence-electron chi connectivity index (χ4n) is 2.21. The third-order valence-electron chi connectivity index (χ3n) is 3.18. The maximum absolute atomic E-state index is 12.4. The molecule has 2 heterocycles. The van der Waals surface area contributed by atoms with Crippen molar-refractivity contribution >= 4 is 23.2 Å². The third kappa shape index (κ3) is 2.57. The zero-order valence-electron chi connectivity index (χ0n) is 10.6. The SMILES string of the molecule is CC1CN(C)CCN1C(=O)c1cc(N)cnc1Cl. The highest BCUT2D eigenvalue weighted by molar-refractivity contribution is 6.32. The molecular weight excluding hydrogens is 252 g/mol. The molecule has 6 heteroatoms. The summed E-state index contributed by atoms with van der Waals surface area (Å²) in [5.41, 5.74) is 6.48. The van der Waals surface area contributed by atoms with Gasteiger partial charge in [0.2, 0.25) is 0 Å². The smallest absolute Gasteiger partial charge is 0.257 e. The van der Waals surface area contributed by atoms with Gasteiger partial charge in [0.05, 0.1) is 17.4 Å². The van der Waals surface area contributed by atoms with Crippen LogP contribution in [0.2, 0.25) is 5.15 Å². The Morgan fingerprint density at radius 3 is 2.94 bits per heavy atom. The number of pyridine rings is 1. The number of hydrogen-bond donors (Lipinski definition) is 1. The molecule has 0 bridgehead atoms. The first-order valence-electron chi connectivity index (χ1n) is 5.89. The van der Waals surface area contributed by atoms with Crippen LogP contribution in [0.5, 0.6) is 0 Å². The van der Waals surface area contributed by atoms with Crippen molar-refractivity contribution in [1.29, 1.82) is 0 Å². The minimum atomic E-state index is -0.0969. The van der Waals surface area contributed by atoms with Gasteiger partial charge in [0, 0.05) is 25.7 Å². The number of amides is 1. The first kappa shape index (κ1) is 13.1. The van der Waals surface area contributed by atoms with Crippen molar-refractivity contribution in [2.45, 2.75) is 13.0 Å². The van der Waals surface area contributed by atoms with Crippen LogP contribution in [-0.2, 0) is 0 Å². The first-order chi connectivity index (χ1) is 8.49. The highest BCUT2D eigenvalue weighted by atomic mass is 35.5. The minimum Gasteiger partial charge on any atom is -0.397 e. The lowest BCUT2D eigenvalue weighted by atomic mass is 10.1. The van der Waals surface area contributed by atoms with E-state index in [1.54, 1.807) is 6.07 Å². The van der Waals surface area contributed by atoms with E-state index < -0.39 is 0 Å². The Balaban J connectivity index is 2.23. The number of halogens is 1. The molecule has 18 heavy (non-hydrogen) atoms. The van der Waals surface area contributed by atoms with Crippen LogP contribution in [0.25, 0.3) is 0 Å². The summed E-state index contributed by atoms with van der Waals surface area (Å²) in [5.74, 6) is -0.0969. The van der Waals surface area contributed by atoms with Gasteiger partial charge in [-0.15, -0.1) is 0 Å². The number of nitrogen functional groups attached to an aromatic ring is 1. The molecule has 0 saturated carbocycles. The van der Waals surface area contributed by atoms with Crippen LogP contribution in [0.15, 0.2) is 12.3 Å². The number of piperazine rings is 1. The van der Waals surface area contributed by atoms with E-state index in [0.717, 1.165) is 13.1 Å². The number of likely N-dealkylation sites (N-methyl/N-ethyl adjacent to an activating group) is 1. The van der Waals surface area contributed by atoms with Gasteiger partial charge >= 0.3 is 0 Å². The number of carbonyl (C=O) groups excluding carboxylic acids is 1. The van der Waals surface area contributed by atoms with Crippen molar-refractivity contribution in [2.75, 3.05) is 32.4 Å². The van der Waals surface area contributed by atoms with Crippen LogP contribution in [0.1, 0.15) is 17.3 Å². The monoisotopic (exact) mass is 268 g/mol. The molecule has 1 aliphatic rings.